The van der Waals surface area contributed by atoms with E-state index in [4.69, 9.17) is 9.47 Å². The van der Waals surface area contributed by atoms with Gasteiger partial charge in [-0.25, -0.2) is 0 Å². The van der Waals surface area contributed by atoms with Crippen LogP contribution in [0.4, 0.5) is 17.5 Å². The zero-order valence-electron chi connectivity index (χ0n) is 15.7. The monoisotopic (exact) mass is 365 g/mol. The summed E-state index contributed by atoms with van der Waals surface area (Å²) in [5.74, 6) is 2.67. The Kier molecular flexibility index (Phi) is 6.04. The van der Waals surface area contributed by atoms with Gasteiger partial charge in [0.15, 0.2) is 17.3 Å². The standard InChI is InChI=1S/C20H23N5O2/c1-25(16-7-5-4-6-8-16)20-23-19(14-22-24-20)21-12-11-15-9-10-17(26-2)18(13-15)27-3/h4-10,13-14H,11-12H2,1-3H3,(H,21,23,24). The fourth-order valence-electron chi connectivity index (χ4n) is 2.66. The second-order valence-electron chi connectivity index (χ2n) is 5.90. The van der Waals surface area contributed by atoms with Crippen molar-refractivity contribution in [2.24, 2.45) is 0 Å². The Bertz CT molecular complexity index is 873. The minimum Gasteiger partial charge on any atom is -0.493 e. The highest BCUT2D eigenvalue weighted by molar-refractivity contribution is 5.56. The van der Waals surface area contributed by atoms with Gasteiger partial charge in [0.05, 0.1) is 20.4 Å². The minimum atomic E-state index is 0.539. The summed E-state index contributed by atoms with van der Waals surface area (Å²) in [6.45, 7) is 0.711. The molecule has 0 atom stereocenters. The van der Waals surface area contributed by atoms with Crippen LogP contribution >= 0.6 is 0 Å². The molecule has 2 aromatic carbocycles. The molecule has 3 aromatic rings. The van der Waals surface area contributed by atoms with E-state index in [0.717, 1.165) is 29.2 Å². The number of nitrogens with zero attached hydrogens (tertiary/aromatic N) is 4. The molecule has 140 valence electrons. The molecule has 7 heteroatoms. The van der Waals surface area contributed by atoms with E-state index in [1.165, 1.54) is 0 Å². The molecule has 27 heavy (non-hydrogen) atoms. The number of ether oxygens (including phenoxy) is 2. The molecule has 0 aliphatic heterocycles. The zero-order valence-corrected chi connectivity index (χ0v) is 15.7. The second kappa shape index (κ2) is 8.84. The predicted octanol–water partition coefficient (Wildman–Crippen LogP) is 3.31. The van der Waals surface area contributed by atoms with E-state index in [1.54, 1.807) is 20.4 Å². The van der Waals surface area contributed by atoms with Gasteiger partial charge in [0.1, 0.15) is 0 Å². The van der Waals surface area contributed by atoms with Crippen molar-refractivity contribution in [3.63, 3.8) is 0 Å². The van der Waals surface area contributed by atoms with Crippen molar-refractivity contribution in [3.8, 4) is 11.5 Å². The van der Waals surface area contributed by atoms with Gasteiger partial charge in [0.2, 0.25) is 0 Å². The van der Waals surface area contributed by atoms with Crippen LogP contribution in [0.1, 0.15) is 5.56 Å². The molecular formula is C20H23N5O2. The number of nitrogens with one attached hydrogen (secondary N) is 1. The number of hydrogen-bond donors (Lipinski definition) is 1. The molecule has 0 radical (unpaired) electrons. The smallest absolute Gasteiger partial charge is 0.251 e. The first-order chi connectivity index (χ1) is 13.2. The number of methoxy groups -OCH3 is 2. The molecule has 0 fully saturated rings. The number of rotatable bonds is 8. The Labute approximate surface area is 159 Å². The van der Waals surface area contributed by atoms with Crippen LogP contribution in [-0.4, -0.2) is 43.0 Å². The number of para-hydroxylation sites is 1. The predicted molar refractivity (Wildman–Crippen MR) is 106 cm³/mol. The summed E-state index contributed by atoms with van der Waals surface area (Å²) in [5, 5.41) is 11.5. The van der Waals surface area contributed by atoms with E-state index in [-0.39, 0.29) is 0 Å². The van der Waals surface area contributed by atoms with Crippen LogP contribution in [0.15, 0.2) is 54.7 Å². The van der Waals surface area contributed by atoms with E-state index >= 15 is 0 Å². The van der Waals surface area contributed by atoms with Crippen molar-refractivity contribution in [2.45, 2.75) is 6.42 Å². The maximum absolute atomic E-state index is 5.34. The van der Waals surface area contributed by atoms with Gasteiger partial charge in [-0.1, -0.05) is 24.3 Å². The number of benzene rings is 2. The largest absolute Gasteiger partial charge is 0.493 e. The van der Waals surface area contributed by atoms with E-state index in [2.05, 4.69) is 20.5 Å². The van der Waals surface area contributed by atoms with E-state index < -0.39 is 0 Å². The van der Waals surface area contributed by atoms with Crippen molar-refractivity contribution in [1.29, 1.82) is 0 Å². The summed E-state index contributed by atoms with van der Waals surface area (Å²) in [7, 11) is 5.18. The third kappa shape index (κ3) is 4.63. The van der Waals surface area contributed by atoms with Gasteiger partial charge in [-0.2, -0.15) is 10.1 Å². The first-order valence-corrected chi connectivity index (χ1v) is 8.64. The topological polar surface area (TPSA) is 72.4 Å². The van der Waals surface area contributed by atoms with Gasteiger partial charge in [-0.3, -0.25) is 0 Å². The molecule has 0 saturated carbocycles. The van der Waals surface area contributed by atoms with Crippen molar-refractivity contribution in [3.05, 3.63) is 60.3 Å². The Morgan fingerprint density at radius 3 is 2.52 bits per heavy atom. The molecule has 0 aliphatic carbocycles. The highest BCUT2D eigenvalue weighted by Gasteiger charge is 2.09. The molecular weight excluding hydrogens is 342 g/mol. The molecule has 0 amide bonds. The number of aromatic nitrogens is 3. The zero-order chi connectivity index (χ0) is 19.1. The fraction of sp³-hybridized carbons (Fsp3) is 0.250. The maximum Gasteiger partial charge on any atom is 0.251 e. The van der Waals surface area contributed by atoms with Gasteiger partial charge in [-0.05, 0) is 36.2 Å². The van der Waals surface area contributed by atoms with Crippen LogP contribution in [0.25, 0.3) is 0 Å². The molecule has 1 aromatic heterocycles. The molecule has 1 heterocycles. The highest BCUT2D eigenvalue weighted by Crippen LogP contribution is 2.27. The lowest BCUT2D eigenvalue weighted by Crippen LogP contribution is -2.15. The summed E-state index contributed by atoms with van der Waals surface area (Å²) < 4.78 is 10.6. The summed E-state index contributed by atoms with van der Waals surface area (Å²) in [6.07, 6.45) is 2.44. The second-order valence-corrected chi connectivity index (χ2v) is 5.90. The maximum atomic E-state index is 5.34. The average Bonchev–Trinajstić information content (AvgIpc) is 2.74. The van der Waals surface area contributed by atoms with Crippen molar-refractivity contribution in [1.82, 2.24) is 15.2 Å². The quantitative estimate of drug-likeness (QED) is 0.656. The molecule has 0 bridgehead atoms. The van der Waals surface area contributed by atoms with Crippen LogP contribution in [-0.2, 0) is 6.42 Å². The highest BCUT2D eigenvalue weighted by atomic mass is 16.5. The van der Waals surface area contributed by atoms with Gasteiger partial charge in [-0.15, -0.1) is 5.10 Å². The van der Waals surface area contributed by atoms with Gasteiger partial charge in [0.25, 0.3) is 5.95 Å². The number of hydrogen-bond acceptors (Lipinski definition) is 7. The van der Waals surface area contributed by atoms with Crippen LogP contribution in [0.2, 0.25) is 0 Å². The Morgan fingerprint density at radius 2 is 1.78 bits per heavy atom. The first kappa shape index (κ1) is 18.4. The van der Waals surface area contributed by atoms with Gasteiger partial charge in [0, 0.05) is 19.3 Å². The van der Waals surface area contributed by atoms with E-state index in [0.29, 0.717) is 18.3 Å². The van der Waals surface area contributed by atoms with Crippen LogP contribution in [0.5, 0.6) is 11.5 Å². The minimum absolute atomic E-state index is 0.539. The number of anilines is 3. The first-order valence-electron chi connectivity index (χ1n) is 8.64. The molecule has 0 saturated heterocycles. The van der Waals surface area contributed by atoms with Gasteiger partial charge < -0.3 is 19.7 Å². The Morgan fingerprint density at radius 1 is 1.00 bits per heavy atom. The lowest BCUT2D eigenvalue weighted by atomic mass is 10.1. The SMILES string of the molecule is COc1ccc(CCNc2cnnc(N(C)c3ccccc3)n2)cc1OC. The van der Waals surface area contributed by atoms with Crippen LogP contribution < -0.4 is 19.7 Å². The summed E-state index contributed by atoms with van der Waals surface area (Å²) in [6, 6.07) is 15.8. The van der Waals surface area contributed by atoms with Gasteiger partial charge >= 0.3 is 0 Å². The lowest BCUT2D eigenvalue weighted by Gasteiger charge is -2.17. The average molecular weight is 365 g/mol. The summed E-state index contributed by atoms with van der Waals surface area (Å²) in [5.41, 5.74) is 2.14. The normalized spacial score (nSPS) is 10.3. The summed E-state index contributed by atoms with van der Waals surface area (Å²) >= 11 is 0. The summed E-state index contributed by atoms with van der Waals surface area (Å²) in [4.78, 5) is 6.43. The molecule has 3 rings (SSSR count). The van der Waals surface area contributed by atoms with Crippen molar-refractivity contribution < 1.29 is 9.47 Å². The van der Waals surface area contributed by atoms with Crippen molar-refractivity contribution >= 4 is 17.5 Å². The van der Waals surface area contributed by atoms with Crippen LogP contribution in [0, 0.1) is 0 Å². The molecule has 7 nitrogen and oxygen atoms in total. The van der Waals surface area contributed by atoms with E-state index in [1.807, 2.05) is 60.5 Å². The third-order valence-electron chi connectivity index (χ3n) is 4.16. The Balaban J connectivity index is 1.62. The van der Waals surface area contributed by atoms with Crippen molar-refractivity contribution in [2.75, 3.05) is 38.0 Å². The molecule has 0 spiro atoms. The fourth-order valence-corrected chi connectivity index (χ4v) is 2.66. The van der Waals surface area contributed by atoms with E-state index in [9.17, 15) is 0 Å². The lowest BCUT2D eigenvalue weighted by molar-refractivity contribution is 0.354. The van der Waals surface area contributed by atoms with Crippen LogP contribution in [0.3, 0.4) is 0 Å². The third-order valence-corrected chi connectivity index (χ3v) is 4.16. The molecule has 0 aliphatic rings. The Hall–Kier alpha value is -3.35. The molecule has 0 unspecified atom stereocenters. The molecule has 1 N–H and O–H groups in total.